The molecule has 1 amide bonds. The van der Waals surface area contributed by atoms with E-state index in [0.29, 0.717) is 17.3 Å². The Morgan fingerprint density at radius 2 is 2.00 bits per heavy atom. The van der Waals surface area contributed by atoms with Crippen LogP contribution in [0.25, 0.3) is 0 Å². The van der Waals surface area contributed by atoms with Crippen molar-refractivity contribution >= 4 is 39.1 Å². The van der Waals surface area contributed by atoms with Gasteiger partial charge in [0.05, 0.1) is 0 Å². The highest BCUT2D eigenvalue weighted by Gasteiger charge is 2.09. The van der Waals surface area contributed by atoms with Crippen LogP contribution in [0, 0.1) is 11.3 Å². The molecule has 0 aromatic heterocycles. The number of nitriles is 1. The van der Waals surface area contributed by atoms with Gasteiger partial charge in [-0.2, -0.15) is 5.26 Å². The lowest BCUT2D eigenvalue weighted by atomic mass is 10.2. The van der Waals surface area contributed by atoms with Gasteiger partial charge in [-0.3, -0.25) is 4.79 Å². The van der Waals surface area contributed by atoms with E-state index in [2.05, 4.69) is 26.6 Å². The third-order valence-corrected chi connectivity index (χ3v) is 3.65. The Labute approximate surface area is 147 Å². The van der Waals surface area contributed by atoms with Gasteiger partial charge in [0.1, 0.15) is 11.6 Å². The van der Waals surface area contributed by atoms with E-state index in [4.69, 9.17) is 16.9 Å². The molecule has 0 saturated heterocycles. The number of nitrogens with one attached hydrogen (secondary N) is 2. The molecule has 2 aromatic carbocycles. The van der Waals surface area contributed by atoms with Crippen molar-refractivity contribution in [3.8, 4) is 6.07 Å². The second kappa shape index (κ2) is 8.37. The van der Waals surface area contributed by atoms with E-state index in [1.165, 1.54) is 6.20 Å². The minimum absolute atomic E-state index is 0.00468. The van der Waals surface area contributed by atoms with Crippen LogP contribution in [0.4, 0.5) is 5.69 Å². The molecule has 0 radical (unpaired) electrons. The van der Waals surface area contributed by atoms with Crippen LogP contribution in [0.5, 0.6) is 0 Å². The Kier molecular flexibility index (Phi) is 6.21. The van der Waals surface area contributed by atoms with Gasteiger partial charge in [0.15, 0.2) is 0 Å². The maximum atomic E-state index is 12.0. The molecule has 0 unspecified atom stereocenters. The van der Waals surface area contributed by atoms with Crippen molar-refractivity contribution < 1.29 is 4.79 Å². The molecule has 6 heteroatoms. The molecule has 23 heavy (non-hydrogen) atoms. The Bertz CT molecular complexity index is 766. The zero-order chi connectivity index (χ0) is 16.7. The minimum atomic E-state index is -0.475. The zero-order valence-electron chi connectivity index (χ0n) is 12.0. The molecule has 0 atom stereocenters. The Morgan fingerprint density at radius 1 is 1.26 bits per heavy atom. The quantitative estimate of drug-likeness (QED) is 0.593. The number of carbonyl (C=O) groups excluding carboxylic acids is 1. The van der Waals surface area contributed by atoms with E-state index in [0.717, 1.165) is 10.0 Å². The molecule has 0 heterocycles. The summed E-state index contributed by atoms with van der Waals surface area (Å²) in [5.74, 6) is -0.475. The van der Waals surface area contributed by atoms with Gasteiger partial charge in [-0.05, 0) is 42.0 Å². The average molecular weight is 391 g/mol. The van der Waals surface area contributed by atoms with Gasteiger partial charge < -0.3 is 10.6 Å². The fourth-order valence-electron chi connectivity index (χ4n) is 1.80. The van der Waals surface area contributed by atoms with E-state index in [1.807, 2.05) is 30.3 Å². The smallest absolute Gasteiger partial charge is 0.267 e. The first-order valence-corrected chi connectivity index (χ1v) is 7.90. The molecule has 2 N–H and O–H groups in total. The van der Waals surface area contributed by atoms with E-state index >= 15 is 0 Å². The lowest BCUT2D eigenvalue weighted by Crippen LogP contribution is -2.16. The normalized spacial score (nSPS) is 10.7. The summed E-state index contributed by atoms with van der Waals surface area (Å²) in [5.41, 5.74) is 1.61. The summed E-state index contributed by atoms with van der Waals surface area (Å²) in [6.07, 6.45) is 1.41. The molecule has 0 aliphatic heterocycles. The topological polar surface area (TPSA) is 64.9 Å². The molecule has 0 fully saturated rings. The van der Waals surface area contributed by atoms with Crippen LogP contribution in [-0.2, 0) is 11.3 Å². The number of hydrogen-bond acceptors (Lipinski definition) is 3. The number of halogens is 2. The lowest BCUT2D eigenvalue weighted by molar-refractivity contribution is -0.112. The van der Waals surface area contributed by atoms with Gasteiger partial charge in [-0.15, -0.1) is 0 Å². The second-order valence-corrected chi connectivity index (χ2v) is 5.99. The second-order valence-electron chi connectivity index (χ2n) is 4.64. The maximum Gasteiger partial charge on any atom is 0.267 e. The van der Waals surface area contributed by atoms with E-state index < -0.39 is 5.91 Å². The molecule has 116 valence electrons. The van der Waals surface area contributed by atoms with Gasteiger partial charge in [-0.25, -0.2) is 0 Å². The van der Waals surface area contributed by atoms with Crippen molar-refractivity contribution in [1.29, 1.82) is 5.26 Å². The highest BCUT2D eigenvalue weighted by Crippen LogP contribution is 2.14. The predicted molar refractivity (Wildman–Crippen MR) is 94.8 cm³/mol. The van der Waals surface area contributed by atoms with Gasteiger partial charge >= 0.3 is 0 Å². The first-order chi connectivity index (χ1) is 11.1. The van der Waals surface area contributed by atoms with Crippen LogP contribution in [-0.4, -0.2) is 5.91 Å². The first kappa shape index (κ1) is 17.1. The highest BCUT2D eigenvalue weighted by molar-refractivity contribution is 9.10. The molecule has 0 spiro atoms. The van der Waals surface area contributed by atoms with Crippen LogP contribution in [0.2, 0.25) is 5.02 Å². The number of amides is 1. The number of rotatable bonds is 5. The number of benzene rings is 2. The van der Waals surface area contributed by atoms with Crippen molar-refractivity contribution in [2.24, 2.45) is 0 Å². The highest BCUT2D eigenvalue weighted by atomic mass is 79.9. The molecule has 0 aliphatic rings. The molecule has 0 bridgehead atoms. The molecule has 0 saturated carbocycles. The van der Waals surface area contributed by atoms with Crippen LogP contribution in [0.1, 0.15) is 5.56 Å². The standard InChI is InChI=1S/C17H13BrClN3O/c18-14-3-1-2-12(8-14)10-21-11-13(9-20)17(23)22-16-6-4-15(19)5-7-16/h1-8,11,21H,10H2,(H,22,23)/b13-11-. The summed E-state index contributed by atoms with van der Waals surface area (Å²) in [4.78, 5) is 12.0. The number of hydrogen-bond donors (Lipinski definition) is 2. The zero-order valence-corrected chi connectivity index (χ0v) is 14.4. The monoisotopic (exact) mass is 389 g/mol. The van der Waals surface area contributed by atoms with Crippen molar-refractivity contribution in [1.82, 2.24) is 5.32 Å². The fourth-order valence-corrected chi connectivity index (χ4v) is 2.37. The third-order valence-electron chi connectivity index (χ3n) is 2.91. The van der Waals surface area contributed by atoms with Crippen LogP contribution < -0.4 is 10.6 Å². The SMILES string of the molecule is N#C/C(=C/NCc1cccc(Br)c1)C(=O)Nc1ccc(Cl)cc1. The molecule has 0 aliphatic carbocycles. The Balaban J connectivity index is 1.96. The Hall–Kier alpha value is -2.29. The molecular weight excluding hydrogens is 378 g/mol. The average Bonchev–Trinajstić information content (AvgIpc) is 2.54. The van der Waals surface area contributed by atoms with Crippen molar-refractivity contribution in [3.05, 3.63) is 75.4 Å². The molecule has 2 aromatic rings. The van der Waals surface area contributed by atoms with Gasteiger partial charge in [0, 0.05) is 27.9 Å². The van der Waals surface area contributed by atoms with Crippen LogP contribution >= 0.6 is 27.5 Å². The fraction of sp³-hybridized carbons (Fsp3) is 0.0588. The maximum absolute atomic E-state index is 12.0. The van der Waals surface area contributed by atoms with Crippen molar-refractivity contribution in [2.45, 2.75) is 6.54 Å². The minimum Gasteiger partial charge on any atom is -0.386 e. The van der Waals surface area contributed by atoms with E-state index in [-0.39, 0.29) is 5.57 Å². The molecule has 2 rings (SSSR count). The van der Waals surface area contributed by atoms with Gasteiger partial charge in [0.25, 0.3) is 5.91 Å². The largest absolute Gasteiger partial charge is 0.386 e. The predicted octanol–water partition coefficient (Wildman–Crippen LogP) is 4.24. The molecular formula is C17H13BrClN3O. The summed E-state index contributed by atoms with van der Waals surface area (Å²) >= 11 is 9.18. The van der Waals surface area contributed by atoms with E-state index in [9.17, 15) is 4.79 Å². The first-order valence-electron chi connectivity index (χ1n) is 6.73. The summed E-state index contributed by atoms with van der Waals surface area (Å²) in [5, 5.41) is 15.3. The third kappa shape index (κ3) is 5.44. The number of carbonyl (C=O) groups is 1. The van der Waals surface area contributed by atoms with E-state index in [1.54, 1.807) is 24.3 Å². The summed E-state index contributed by atoms with van der Waals surface area (Å²) < 4.78 is 0.974. The molecule has 4 nitrogen and oxygen atoms in total. The number of anilines is 1. The summed E-state index contributed by atoms with van der Waals surface area (Å²) in [6, 6.07) is 16.3. The van der Waals surface area contributed by atoms with Crippen LogP contribution in [0.15, 0.2) is 64.8 Å². The Morgan fingerprint density at radius 3 is 2.65 bits per heavy atom. The number of nitrogens with zero attached hydrogens (tertiary/aromatic N) is 1. The van der Waals surface area contributed by atoms with Crippen molar-refractivity contribution in [3.63, 3.8) is 0 Å². The summed E-state index contributed by atoms with van der Waals surface area (Å²) in [7, 11) is 0. The summed E-state index contributed by atoms with van der Waals surface area (Å²) in [6.45, 7) is 0.513. The van der Waals surface area contributed by atoms with Gasteiger partial charge in [0.2, 0.25) is 0 Å². The lowest BCUT2D eigenvalue weighted by Gasteiger charge is -2.05. The van der Waals surface area contributed by atoms with Gasteiger partial charge in [-0.1, -0.05) is 39.7 Å². The van der Waals surface area contributed by atoms with Crippen molar-refractivity contribution in [2.75, 3.05) is 5.32 Å². The van der Waals surface area contributed by atoms with Crippen LogP contribution in [0.3, 0.4) is 0 Å².